The first-order valence-corrected chi connectivity index (χ1v) is 2.75. The van der Waals surface area contributed by atoms with E-state index in [4.69, 9.17) is 5.84 Å². The summed E-state index contributed by atoms with van der Waals surface area (Å²) in [6, 6.07) is 3.17. The van der Waals surface area contributed by atoms with Crippen molar-refractivity contribution in [2.75, 3.05) is 0 Å². The Bertz CT molecular complexity index is 222. The maximum Gasteiger partial charge on any atom is 0.265 e. The lowest BCUT2D eigenvalue weighted by atomic mass is 10.4. The molecule has 4 nitrogen and oxygen atoms in total. The van der Waals surface area contributed by atoms with Crippen LogP contribution in [0.3, 0.4) is 0 Å². The summed E-state index contributed by atoms with van der Waals surface area (Å²) in [6.45, 7) is 0. The zero-order valence-corrected chi connectivity index (χ0v) is 5.24. The Balaban J connectivity index is 2.85. The van der Waals surface area contributed by atoms with Crippen LogP contribution in [0.4, 0.5) is 0 Å². The minimum Gasteiger partial charge on any atom is -0.290 e. The van der Waals surface area contributed by atoms with E-state index in [1.54, 1.807) is 12.1 Å². The Hall–Kier alpha value is -1.42. The van der Waals surface area contributed by atoms with Gasteiger partial charge in [-0.3, -0.25) is 15.2 Å². The summed E-state index contributed by atoms with van der Waals surface area (Å²) >= 11 is 0. The number of hydrogen-bond donors (Lipinski definition) is 2. The van der Waals surface area contributed by atoms with Gasteiger partial charge in [0.2, 0.25) is 0 Å². The summed E-state index contributed by atoms with van der Waals surface area (Å²) in [5.41, 5.74) is 2.53. The second-order valence-corrected chi connectivity index (χ2v) is 1.71. The molecule has 1 aromatic rings. The predicted molar refractivity (Wildman–Crippen MR) is 35.9 cm³/mol. The van der Waals surface area contributed by atoms with Crippen LogP contribution in [0.5, 0.6) is 0 Å². The van der Waals surface area contributed by atoms with Crippen LogP contribution in [0.25, 0.3) is 0 Å². The van der Waals surface area contributed by atoms with Crippen LogP contribution in [-0.2, 0) is 0 Å². The van der Waals surface area contributed by atoms with Gasteiger partial charge in [0.05, 0.1) is 0 Å². The Morgan fingerprint density at radius 2 is 2.10 bits per heavy atom. The predicted octanol–water partition coefficient (Wildman–Crippen LogP) is -0.315. The molecule has 0 aliphatic carbocycles. The summed E-state index contributed by atoms with van der Waals surface area (Å²) in [5.74, 6) is 4.58. The van der Waals surface area contributed by atoms with Crippen molar-refractivity contribution in [1.82, 2.24) is 10.4 Å². The molecule has 52 valence electrons. The molecule has 0 aromatic carbocycles. The third kappa shape index (κ3) is 1.29. The van der Waals surface area contributed by atoms with Crippen molar-refractivity contribution >= 4 is 5.91 Å². The zero-order valence-electron chi connectivity index (χ0n) is 5.24. The highest BCUT2D eigenvalue weighted by molar-refractivity contribution is 5.93. The van der Waals surface area contributed by atoms with Gasteiger partial charge in [-0.25, -0.2) is 5.84 Å². The molecule has 1 rings (SSSR count). The van der Waals surface area contributed by atoms with Crippen LogP contribution in [0.2, 0.25) is 0 Å². The molecule has 0 radical (unpaired) electrons. The molecule has 0 aliphatic rings. The average molecular weight is 140 g/mol. The molecule has 0 unspecified atom stereocenters. The van der Waals surface area contributed by atoms with Crippen LogP contribution in [0.1, 0.15) is 10.4 Å². The number of amides is 1. The lowest BCUT2D eigenvalue weighted by Gasteiger charge is -1.95. The fourth-order valence-corrected chi connectivity index (χ4v) is 0.587. The molecule has 1 aromatic heterocycles. The highest BCUT2D eigenvalue weighted by Gasteiger charge is 1.98. The average Bonchev–Trinajstić information content (AvgIpc) is 2.05. The van der Waals surface area contributed by atoms with Crippen molar-refractivity contribution in [3.05, 3.63) is 30.1 Å². The first-order valence-electron chi connectivity index (χ1n) is 2.75. The second-order valence-electron chi connectivity index (χ2n) is 1.71. The van der Waals surface area contributed by atoms with Crippen molar-refractivity contribution in [2.24, 2.45) is 5.84 Å². The first kappa shape index (κ1) is 6.70. The summed E-state index contributed by atoms with van der Waals surface area (Å²) in [5, 5.41) is 0. The molecule has 1 amide bonds. The minimum absolute atomic E-state index is 0.303. The van der Waals surface area contributed by atoms with E-state index in [0.717, 1.165) is 0 Å². The number of hydrazine groups is 1. The summed E-state index contributed by atoms with van der Waals surface area (Å²) in [4.78, 5) is 14.5. The van der Waals surface area contributed by atoms with E-state index in [-0.39, 0.29) is 5.91 Å². The third-order valence-electron chi connectivity index (χ3n) is 1.07. The summed E-state index contributed by atoms with van der Waals surface area (Å²) in [6.07, 6.45) is 3.06. The van der Waals surface area contributed by atoms with E-state index in [9.17, 15) is 4.79 Å². The number of pyridine rings is 1. The van der Waals surface area contributed by atoms with E-state index >= 15 is 0 Å². The molecule has 4 heteroatoms. The first-order chi connectivity index (χ1) is 4.84. The quantitative estimate of drug-likeness (QED) is 0.185. The number of hydrogen-bond acceptors (Lipinski definition) is 3. The Morgan fingerprint density at radius 3 is 2.60 bits per heavy atom. The zero-order chi connectivity index (χ0) is 7.40. The van der Waals surface area contributed by atoms with Crippen LogP contribution in [0.15, 0.2) is 24.5 Å². The van der Waals surface area contributed by atoms with Crippen molar-refractivity contribution < 1.29 is 4.79 Å². The number of aromatic nitrogens is 1. The van der Waals surface area contributed by atoms with Crippen molar-refractivity contribution in [1.29, 1.82) is 0 Å². The highest BCUT2D eigenvalue weighted by atomic mass is 18.1. The molecule has 0 fully saturated rings. The molecule has 3 N–H and O–H groups in total. The van der Waals surface area contributed by atoms with Crippen molar-refractivity contribution in [3.8, 4) is 0 Å². The number of nitrogen functional groups attached to an aromatic ring is 1. The monoisotopic (exact) mass is 140 g/mol. The molecular formula is C6H7N3O. The smallest absolute Gasteiger partial charge is 0.265 e. The molecule has 0 spiro atoms. The normalized spacial score (nSPS) is 8.90. The van der Waals surface area contributed by atoms with E-state index in [0.29, 0.717) is 5.56 Å². The number of nitrogens with two attached hydrogens (primary N) is 1. The van der Waals surface area contributed by atoms with E-state index in [2.05, 4.69) is 4.98 Å². The van der Waals surface area contributed by atoms with Gasteiger partial charge in [0.25, 0.3) is 5.91 Å². The van der Waals surface area contributed by atoms with E-state index in [1.165, 1.54) is 12.4 Å². The standard InChI is InChI=1S/C6H7N3O/c7-9-6(10)5-1-3-8-4-2-5/h1-4H,7H2,(H,9,10)/i6+1,10+2. The molecule has 10 heavy (non-hydrogen) atoms. The van der Waals surface area contributed by atoms with Crippen LogP contribution in [-0.4, -0.2) is 10.9 Å². The Labute approximate surface area is 58.0 Å². The van der Waals surface area contributed by atoms with Crippen LogP contribution in [0, 0.1) is 0 Å². The number of carbonyl (C=O) groups excluding carboxylic acids is 1. The lowest BCUT2D eigenvalue weighted by molar-refractivity contribution is 0.0953. The maximum atomic E-state index is 10.7. The van der Waals surface area contributed by atoms with Crippen LogP contribution >= 0.6 is 0 Å². The number of nitrogens with one attached hydrogen (secondary N) is 1. The fraction of sp³-hybridized carbons (Fsp3) is 0. The Morgan fingerprint density at radius 1 is 1.50 bits per heavy atom. The maximum absolute atomic E-state index is 10.7. The molecular weight excluding hydrogens is 133 g/mol. The van der Waals surface area contributed by atoms with Gasteiger partial charge in [0, 0.05) is 18.0 Å². The number of carbonyl (C=O) groups is 1. The largest absolute Gasteiger partial charge is 0.290 e. The molecule has 0 saturated carbocycles. The van der Waals surface area contributed by atoms with Gasteiger partial charge in [-0.05, 0) is 12.1 Å². The lowest BCUT2D eigenvalue weighted by Crippen LogP contribution is -2.29. The SMILES string of the molecule is NN[13C](=[18O])c1ccncc1. The fourth-order valence-electron chi connectivity index (χ4n) is 0.587. The third-order valence-corrected chi connectivity index (χ3v) is 1.07. The second kappa shape index (κ2) is 2.93. The van der Waals surface area contributed by atoms with Gasteiger partial charge in [-0.2, -0.15) is 0 Å². The number of nitrogens with zero attached hydrogens (tertiary/aromatic N) is 1. The minimum atomic E-state index is -0.303. The van der Waals surface area contributed by atoms with E-state index in [1.807, 2.05) is 5.43 Å². The Kier molecular flexibility index (Phi) is 1.96. The van der Waals surface area contributed by atoms with Gasteiger partial charge in [0.1, 0.15) is 0 Å². The van der Waals surface area contributed by atoms with Gasteiger partial charge < -0.3 is 0 Å². The highest BCUT2D eigenvalue weighted by Crippen LogP contribution is 1.93. The van der Waals surface area contributed by atoms with Crippen molar-refractivity contribution in [2.45, 2.75) is 0 Å². The number of rotatable bonds is 1. The molecule has 0 aliphatic heterocycles. The van der Waals surface area contributed by atoms with Gasteiger partial charge in [-0.15, -0.1) is 0 Å². The summed E-state index contributed by atoms with van der Waals surface area (Å²) in [7, 11) is 0. The topological polar surface area (TPSA) is 68.0 Å². The molecule has 0 bridgehead atoms. The molecule has 0 saturated heterocycles. The van der Waals surface area contributed by atoms with Gasteiger partial charge in [-0.1, -0.05) is 0 Å². The van der Waals surface area contributed by atoms with Gasteiger partial charge >= 0.3 is 0 Å². The van der Waals surface area contributed by atoms with E-state index < -0.39 is 0 Å². The van der Waals surface area contributed by atoms with Gasteiger partial charge in [0.15, 0.2) is 0 Å². The summed E-state index contributed by atoms with van der Waals surface area (Å²) < 4.78 is 0. The van der Waals surface area contributed by atoms with Crippen molar-refractivity contribution in [3.63, 3.8) is 0 Å². The molecule has 1 heterocycles. The molecule has 0 atom stereocenters. The van der Waals surface area contributed by atoms with Crippen LogP contribution < -0.4 is 11.3 Å².